The fraction of sp³-hybridized carbons (Fsp3) is 0.333. The van der Waals surface area contributed by atoms with E-state index in [-0.39, 0.29) is 6.04 Å². The summed E-state index contributed by atoms with van der Waals surface area (Å²) in [4.78, 5) is 1.23. The van der Waals surface area contributed by atoms with E-state index < -0.39 is 0 Å². The van der Waals surface area contributed by atoms with E-state index in [4.69, 9.17) is 9.47 Å². The van der Waals surface area contributed by atoms with E-state index >= 15 is 0 Å². The standard InChI is InChI=1S/C15H19NO2S/c1-16-13(15-14(18-3)7-8-19-15)10-11-5-4-6-12(9-11)17-2/h4-9,13,16H,10H2,1-3H3. The number of methoxy groups -OCH3 is 2. The highest BCUT2D eigenvalue weighted by Gasteiger charge is 2.16. The van der Waals surface area contributed by atoms with Crippen molar-refractivity contribution in [3.63, 3.8) is 0 Å². The lowest BCUT2D eigenvalue weighted by Gasteiger charge is -2.16. The Morgan fingerprint density at radius 1 is 1.21 bits per heavy atom. The summed E-state index contributed by atoms with van der Waals surface area (Å²) >= 11 is 1.72. The lowest BCUT2D eigenvalue weighted by Crippen LogP contribution is -2.18. The van der Waals surface area contributed by atoms with Crippen LogP contribution in [0.1, 0.15) is 16.5 Å². The molecule has 1 heterocycles. The summed E-state index contributed by atoms with van der Waals surface area (Å²) in [5.41, 5.74) is 1.24. The molecule has 1 atom stereocenters. The molecule has 102 valence electrons. The van der Waals surface area contributed by atoms with E-state index in [0.29, 0.717) is 0 Å². The highest BCUT2D eigenvalue weighted by Crippen LogP contribution is 2.32. The molecule has 0 aliphatic carbocycles. The van der Waals surface area contributed by atoms with Gasteiger partial charge in [-0.3, -0.25) is 0 Å². The predicted molar refractivity (Wildman–Crippen MR) is 79.4 cm³/mol. The van der Waals surface area contributed by atoms with Gasteiger partial charge in [0, 0.05) is 6.04 Å². The fourth-order valence-corrected chi connectivity index (χ4v) is 3.06. The van der Waals surface area contributed by atoms with Gasteiger partial charge in [-0.1, -0.05) is 12.1 Å². The number of thiophene rings is 1. The number of benzene rings is 1. The molecule has 1 aromatic heterocycles. The number of nitrogens with one attached hydrogen (secondary N) is 1. The van der Waals surface area contributed by atoms with Crippen LogP contribution in [0.5, 0.6) is 11.5 Å². The fourth-order valence-electron chi connectivity index (χ4n) is 2.09. The van der Waals surface area contributed by atoms with Crippen LogP contribution >= 0.6 is 11.3 Å². The first-order chi connectivity index (χ1) is 9.28. The molecule has 19 heavy (non-hydrogen) atoms. The molecule has 0 fully saturated rings. The van der Waals surface area contributed by atoms with Crippen LogP contribution in [-0.4, -0.2) is 21.3 Å². The third kappa shape index (κ3) is 3.28. The molecular formula is C15H19NO2S. The van der Waals surface area contributed by atoms with Crippen molar-refractivity contribution in [1.82, 2.24) is 5.32 Å². The van der Waals surface area contributed by atoms with Crippen LogP contribution in [0, 0.1) is 0 Å². The largest absolute Gasteiger partial charge is 0.497 e. The maximum atomic E-state index is 5.40. The average molecular weight is 277 g/mol. The zero-order chi connectivity index (χ0) is 13.7. The minimum atomic E-state index is 0.252. The second-order valence-electron chi connectivity index (χ2n) is 4.25. The molecule has 3 nitrogen and oxygen atoms in total. The van der Waals surface area contributed by atoms with Crippen molar-refractivity contribution in [3.05, 3.63) is 46.2 Å². The van der Waals surface area contributed by atoms with Gasteiger partial charge in [0.05, 0.1) is 19.1 Å². The summed E-state index contributed by atoms with van der Waals surface area (Å²) in [6.07, 6.45) is 0.907. The smallest absolute Gasteiger partial charge is 0.134 e. The van der Waals surface area contributed by atoms with Gasteiger partial charge in [0.1, 0.15) is 11.5 Å². The molecule has 0 bridgehead atoms. The van der Waals surface area contributed by atoms with Crippen LogP contribution in [0.4, 0.5) is 0 Å². The first kappa shape index (κ1) is 13.9. The number of hydrogen-bond acceptors (Lipinski definition) is 4. The molecule has 1 unspecified atom stereocenters. The van der Waals surface area contributed by atoms with Crippen LogP contribution in [0.2, 0.25) is 0 Å². The molecule has 0 saturated carbocycles. The van der Waals surface area contributed by atoms with Crippen molar-refractivity contribution in [2.45, 2.75) is 12.5 Å². The van der Waals surface area contributed by atoms with Crippen molar-refractivity contribution in [2.24, 2.45) is 0 Å². The Bertz CT molecular complexity index is 524. The predicted octanol–water partition coefficient (Wildman–Crippen LogP) is 3.27. The Labute approximate surface area is 118 Å². The van der Waals surface area contributed by atoms with E-state index in [9.17, 15) is 0 Å². The molecule has 2 rings (SSSR count). The maximum absolute atomic E-state index is 5.40. The Morgan fingerprint density at radius 3 is 2.74 bits per heavy atom. The minimum absolute atomic E-state index is 0.252. The molecule has 1 aromatic carbocycles. The molecule has 0 saturated heterocycles. The quantitative estimate of drug-likeness (QED) is 0.879. The van der Waals surface area contributed by atoms with E-state index in [0.717, 1.165) is 17.9 Å². The van der Waals surface area contributed by atoms with Gasteiger partial charge in [-0.25, -0.2) is 0 Å². The Kier molecular flexibility index (Phi) is 4.82. The first-order valence-corrected chi connectivity index (χ1v) is 7.08. The Balaban J connectivity index is 2.19. The summed E-state index contributed by atoms with van der Waals surface area (Å²) in [6.45, 7) is 0. The third-order valence-corrected chi connectivity index (χ3v) is 4.13. The first-order valence-electron chi connectivity index (χ1n) is 6.20. The molecule has 4 heteroatoms. The zero-order valence-corrected chi connectivity index (χ0v) is 12.3. The molecule has 0 radical (unpaired) electrons. The van der Waals surface area contributed by atoms with Gasteiger partial charge in [-0.2, -0.15) is 0 Å². The van der Waals surface area contributed by atoms with Gasteiger partial charge in [0.25, 0.3) is 0 Å². The van der Waals surface area contributed by atoms with Gasteiger partial charge in [-0.05, 0) is 42.6 Å². The lowest BCUT2D eigenvalue weighted by molar-refractivity contribution is 0.404. The van der Waals surface area contributed by atoms with Gasteiger partial charge in [0.2, 0.25) is 0 Å². The summed E-state index contributed by atoms with van der Waals surface area (Å²) in [7, 11) is 5.38. The molecule has 0 aliphatic heterocycles. The number of likely N-dealkylation sites (N-methyl/N-ethyl adjacent to an activating group) is 1. The molecule has 0 amide bonds. The van der Waals surface area contributed by atoms with E-state index in [2.05, 4.69) is 22.8 Å². The third-order valence-electron chi connectivity index (χ3n) is 3.12. The number of ether oxygens (including phenoxy) is 2. The summed E-state index contributed by atoms with van der Waals surface area (Å²) in [5.74, 6) is 1.85. The highest BCUT2D eigenvalue weighted by molar-refractivity contribution is 7.10. The van der Waals surface area contributed by atoms with Crippen LogP contribution in [-0.2, 0) is 6.42 Å². The van der Waals surface area contributed by atoms with Crippen molar-refractivity contribution in [2.75, 3.05) is 21.3 Å². The van der Waals surface area contributed by atoms with E-state index in [1.165, 1.54) is 10.4 Å². The topological polar surface area (TPSA) is 30.5 Å². The molecule has 2 aromatic rings. The minimum Gasteiger partial charge on any atom is -0.497 e. The van der Waals surface area contributed by atoms with Crippen molar-refractivity contribution in [3.8, 4) is 11.5 Å². The Hall–Kier alpha value is -1.52. The normalized spacial score (nSPS) is 12.2. The van der Waals surface area contributed by atoms with Crippen molar-refractivity contribution in [1.29, 1.82) is 0 Å². The summed E-state index contributed by atoms with van der Waals surface area (Å²) in [6, 6.07) is 10.4. The number of hydrogen-bond donors (Lipinski definition) is 1. The van der Waals surface area contributed by atoms with E-state index in [1.807, 2.05) is 25.2 Å². The molecule has 0 spiro atoms. The second-order valence-corrected chi connectivity index (χ2v) is 5.20. The van der Waals surface area contributed by atoms with Crippen LogP contribution in [0.3, 0.4) is 0 Å². The van der Waals surface area contributed by atoms with Crippen LogP contribution < -0.4 is 14.8 Å². The number of rotatable bonds is 6. The van der Waals surface area contributed by atoms with Gasteiger partial charge >= 0.3 is 0 Å². The molecule has 0 aliphatic rings. The summed E-state index contributed by atoms with van der Waals surface area (Å²) < 4.78 is 10.7. The maximum Gasteiger partial charge on any atom is 0.134 e. The van der Waals surface area contributed by atoms with Crippen LogP contribution in [0.15, 0.2) is 35.7 Å². The zero-order valence-electron chi connectivity index (χ0n) is 11.5. The monoisotopic (exact) mass is 277 g/mol. The van der Waals surface area contributed by atoms with Crippen molar-refractivity contribution < 1.29 is 9.47 Å². The van der Waals surface area contributed by atoms with Crippen molar-refractivity contribution >= 4 is 11.3 Å². The van der Waals surface area contributed by atoms with Gasteiger partial charge in [-0.15, -0.1) is 11.3 Å². The molecule has 1 N–H and O–H groups in total. The average Bonchev–Trinajstić information content (AvgIpc) is 2.93. The van der Waals surface area contributed by atoms with Gasteiger partial charge in [0.15, 0.2) is 0 Å². The lowest BCUT2D eigenvalue weighted by atomic mass is 10.0. The molecular weight excluding hydrogens is 258 g/mol. The van der Waals surface area contributed by atoms with E-state index in [1.54, 1.807) is 25.6 Å². The van der Waals surface area contributed by atoms with Crippen LogP contribution in [0.25, 0.3) is 0 Å². The second kappa shape index (κ2) is 6.59. The van der Waals surface area contributed by atoms with Gasteiger partial charge < -0.3 is 14.8 Å². The SMILES string of the molecule is CNC(Cc1cccc(OC)c1)c1sccc1OC. The summed E-state index contributed by atoms with van der Waals surface area (Å²) in [5, 5.41) is 5.41. The Morgan fingerprint density at radius 2 is 2.05 bits per heavy atom. The highest BCUT2D eigenvalue weighted by atomic mass is 32.1.